The average molecular weight is 333 g/mol. The van der Waals surface area contributed by atoms with Gasteiger partial charge in [0.15, 0.2) is 0 Å². The lowest BCUT2D eigenvalue weighted by atomic mass is 9.84. The maximum Gasteiger partial charge on any atom is 0.229 e. The number of nitrogens with zero attached hydrogens (tertiary/aromatic N) is 2. The van der Waals surface area contributed by atoms with Gasteiger partial charge in [-0.1, -0.05) is 18.2 Å². The molecule has 2 aliphatic carbocycles. The molecule has 2 aliphatic rings. The summed E-state index contributed by atoms with van der Waals surface area (Å²) < 4.78 is 1.76. The molecule has 0 aliphatic heterocycles. The second-order valence-electron chi connectivity index (χ2n) is 6.43. The Labute approximate surface area is 141 Å². The maximum atomic E-state index is 12.5. The second-order valence-corrected chi connectivity index (χ2v) is 6.43. The van der Waals surface area contributed by atoms with Gasteiger partial charge < -0.3 is 11.1 Å². The van der Waals surface area contributed by atoms with E-state index in [0.29, 0.717) is 11.8 Å². The molecule has 1 aromatic carbocycles. The molecule has 0 radical (unpaired) electrons. The van der Waals surface area contributed by atoms with E-state index in [-0.39, 0.29) is 30.3 Å². The Morgan fingerprint density at radius 2 is 1.96 bits per heavy atom. The van der Waals surface area contributed by atoms with Gasteiger partial charge >= 0.3 is 0 Å². The summed E-state index contributed by atoms with van der Waals surface area (Å²) in [6, 6.07) is 9.86. The lowest BCUT2D eigenvalue weighted by molar-refractivity contribution is -0.121. The van der Waals surface area contributed by atoms with Crippen molar-refractivity contribution in [2.75, 3.05) is 5.32 Å². The number of benzene rings is 1. The SMILES string of the molecule is Cl.NC1C2CCC(C2)C1C(=O)Nc1cnn(-c2ccccc2)c1. The Morgan fingerprint density at radius 3 is 2.65 bits per heavy atom. The van der Waals surface area contributed by atoms with Crippen LogP contribution in [0.5, 0.6) is 0 Å². The van der Waals surface area contributed by atoms with E-state index in [1.807, 2.05) is 36.5 Å². The molecular weight excluding hydrogens is 312 g/mol. The van der Waals surface area contributed by atoms with E-state index >= 15 is 0 Å². The van der Waals surface area contributed by atoms with Crippen LogP contribution in [-0.4, -0.2) is 21.7 Å². The topological polar surface area (TPSA) is 72.9 Å². The lowest BCUT2D eigenvalue weighted by Crippen LogP contribution is -2.42. The highest BCUT2D eigenvalue weighted by Gasteiger charge is 2.49. The van der Waals surface area contributed by atoms with E-state index in [9.17, 15) is 4.79 Å². The quantitative estimate of drug-likeness (QED) is 0.907. The van der Waals surface area contributed by atoms with E-state index in [1.54, 1.807) is 10.9 Å². The highest BCUT2D eigenvalue weighted by atomic mass is 35.5. The molecule has 122 valence electrons. The van der Waals surface area contributed by atoms with Crippen LogP contribution in [0.25, 0.3) is 5.69 Å². The van der Waals surface area contributed by atoms with Gasteiger partial charge in [0, 0.05) is 6.04 Å². The number of anilines is 1. The molecule has 4 rings (SSSR count). The minimum atomic E-state index is -0.0428. The molecule has 1 amide bonds. The van der Waals surface area contributed by atoms with Crippen molar-refractivity contribution in [3.8, 4) is 5.69 Å². The van der Waals surface area contributed by atoms with E-state index in [0.717, 1.165) is 24.2 Å². The molecule has 2 saturated carbocycles. The largest absolute Gasteiger partial charge is 0.327 e. The Balaban J connectivity index is 0.00000156. The summed E-state index contributed by atoms with van der Waals surface area (Å²) >= 11 is 0. The fourth-order valence-electron chi connectivity index (χ4n) is 4.06. The Hall–Kier alpha value is -1.85. The van der Waals surface area contributed by atoms with Gasteiger partial charge in [-0.25, -0.2) is 4.68 Å². The zero-order valence-corrected chi connectivity index (χ0v) is 13.6. The number of para-hydroxylation sites is 1. The first-order chi connectivity index (χ1) is 10.7. The van der Waals surface area contributed by atoms with Crippen molar-refractivity contribution < 1.29 is 4.79 Å². The average Bonchev–Trinajstić information content (AvgIpc) is 3.23. The van der Waals surface area contributed by atoms with Crippen molar-refractivity contribution in [1.82, 2.24) is 9.78 Å². The van der Waals surface area contributed by atoms with Crippen molar-refractivity contribution in [2.24, 2.45) is 23.5 Å². The van der Waals surface area contributed by atoms with E-state index in [4.69, 9.17) is 5.73 Å². The predicted octanol–water partition coefficient (Wildman–Crippen LogP) is 2.61. The Morgan fingerprint density at radius 1 is 1.22 bits per heavy atom. The zero-order valence-electron chi connectivity index (χ0n) is 12.8. The summed E-state index contributed by atoms with van der Waals surface area (Å²) in [5.74, 6) is 1.00. The molecule has 3 N–H and O–H groups in total. The number of halogens is 1. The summed E-state index contributed by atoms with van der Waals surface area (Å²) in [5.41, 5.74) is 7.93. The van der Waals surface area contributed by atoms with Crippen molar-refractivity contribution in [1.29, 1.82) is 0 Å². The van der Waals surface area contributed by atoms with Crippen molar-refractivity contribution in [3.63, 3.8) is 0 Å². The fraction of sp³-hybridized carbons (Fsp3) is 0.412. The fourth-order valence-corrected chi connectivity index (χ4v) is 4.06. The maximum absolute atomic E-state index is 12.5. The molecule has 0 saturated heterocycles. The molecule has 23 heavy (non-hydrogen) atoms. The lowest BCUT2D eigenvalue weighted by Gasteiger charge is -2.26. The minimum absolute atomic E-state index is 0. The zero-order chi connectivity index (χ0) is 15.1. The molecule has 2 fully saturated rings. The summed E-state index contributed by atoms with van der Waals surface area (Å²) in [6.07, 6.45) is 6.96. The molecule has 2 bridgehead atoms. The number of aromatic nitrogens is 2. The van der Waals surface area contributed by atoms with Crippen LogP contribution in [0.1, 0.15) is 19.3 Å². The summed E-state index contributed by atoms with van der Waals surface area (Å²) in [6.45, 7) is 0. The number of nitrogens with two attached hydrogens (primary N) is 1. The molecule has 4 unspecified atom stereocenters. The van der Waals surface area contributed by atoms with Crippen LogP contribution in [0, 0.1) is 17.8 Å². The standard InChI is InChI=1S/C17H20N4O.ClH/c18-16-12-7-6-11(8-12)15(16)17(22)20-13-9-19-21(10-13)14-4-2-1-3-5-14;/h1-5,9-12,15-16H,6-8,18H2,(H,20,22);1H. The first-order valence-corrected chi connectivity index (χ1v) is 7.89. The summed E-state index contributed by atoms with van der Waals surface area (Å²) in [7, 11) is 0. The van der Waals surface area contributed by atoms with Crippen LogP contribution in [-0.2, 0) is 4.79 Å². The third-order valence-corrected chi connectivity index (χ3v) is 5.15. The summed E-state index contributed by atoms with van der Waals surface area (Å²) in [4.78, 5) is 12.5. The highest BCUT2D eigenvalue weighted by Crippen LogP contribution is 2.47. The molecule has 0 spiro atoms. The predicted molar refractivity (Wildman–Crippen MR) is 91.7 cm³/mol. The number of amides is 1. The van der Waals surface area contributed by atoms with Gasteiger partial charge in [0.2, 0.25) is 5.91 Å². The van der Waals surface area contributed by atoms with Crippen LogP contribution >= 0.6 is 12.4 Å². The van der Waals surface area contributed by atoms with Crippen molar-refractivity contribution in [3.05, 3.63) is 42.7 Å². The van der Waals surface area contributed by atoms with Gasteiger partial charge in [-0.05, 0) is 43.2 Å². The third kappa shape index (κ3) is 2.86. The first kappa shape index (κ1) is 16.0. The van der Waals surface area contributed by atoms with Gasteiger partial charge in [0.1, 0.15) is 0 Å². The molecule has 6 heteroatoms. The van der Waals surface area contributed by atoms with Crippen LogP contribution in [0.4, 0.5) is 5.69 Å². The molecular formula is C17H21ClN4O. The number of hydrogen-bond donors (Lipinski definition) is 2. The van der Waals surface area contributed by atoms with Crippen LogP contribution in [0.15, 0.2) is 42.7 Å². The number of carbonyl (C=O) groups excluding carboxylic acids is 1. The second kappa shape index (κ2) is 6.34. The van der Waals surface area contributed by atoms with Crippen LogP contribution < -0.4 is 11.1 Å². The Kier molecular flexibility index (Phi) is 4.41. The highest BCUT2D eigenvalue weighted by molar-refractivity contribution is 5.93. The van der Waals surface area contributed by atoms with Gasteiger partial charge in [0.05, 0.1) is 29.7 Å². The van der Waals surface area contributed by atoms with E-state index < -0.39 is 0 Å². The van der Waals surface area contributed by atoms with E-state index in [2.05, 4.69) is 10.4 Å². The monoisotopic (exact) mass is 332 g/mol. The number of carbonyl (C=O) groups is 1. The van der Waals surface area contributed by atoms with Gasteiger partial charge in [-0.15, -0.1) is 12.4 Å². The molecule has 5 nitrogen and oxygen atoms in total. The van der Waals surface area contributed by atoms with Gasteiger partial charge in [-0.3, -0.25) is 4.79 Å². The van der Waals surface area contributed by atoms with Crippen LogP contribution in [0.3, 0.4) is 0 Å². The number of hydrogen-bond acceptors (Lipinski definition) is 3. The Bertz CT molecular complexity index is 685. The van der Waals surface area contributed by atoms with Gasteiger partial charge in [0.25, 0.3) is 0 Å². The third-order valence-electron chi connectivity index (χ3n) is 5.15. The molecule has 4 atom stereocenters. The minimum Gasteiger partial charge on any atom is -0.327 e. The van der Waals surface area contributed by atoms with Crippen molar-refractivity contribution >= 4 is 24.0 Å². The van der Waals surface area contributed by atoms with Crippen molar-refractivity contribution in [2.45, 2.75) is 25.3 Å². The smallest absolute Gasteiger partial charge is 0.229 e. The first-order valence-electron chi connectivity index (χ1n) is 7.89. The molecule has 1 aromatic heterocycles. The summed E-state index contributed by atoms with van der Waals surface area (Å²) in [5, 5.41) is 7.29. The van der Waals surface area contributed by atoms with Crippen LogP contribution in [0.2, 0.25) is 0 Å². The molecule has 1 heterocycles. The van der Waals surface area contributed by atoms with E-state index in [1.165, 1.54) is 6.42 Å². The number of nitrogens with one attached hydrogen (secondary N) is 1. The number of rotatable bonds is 3. The van der Waals surface area contributed by atoms with Gasteiger partial charge in [-0.2, -0.15) is 5.10 Å². The normalized spacial score (nSPS) is 28.4. The molecule has 2 aromatic rings. The number of fused-ring (bicyclic) bond motifs is 2.